The first kappa shape index (κ1) is 17.0. The summed E-state index contributed by atoms with van der Waals surface area (Å²) in [6.07, 6.45) is 6.45. The number of nitrogens with one attached hydrogen (secondary N) is 1. The van der Waals surface area contributed by atoms with Crippen LogP contribution in [0.25, 0.3) is 0 Å². The molecule has 0 spiro atoms. The van der Waals surface area contributed by atoms with Crippen LogP contribution < -0.4 is 10.1 Å². The molecule has 0 saturated carbocycles. The van der Waals surface area contributed by atoms with Gasteiger partial charge in [0, 0.05) is 50.1 Å². The van der Waals surface area contributed by atoms with Crippen molar-refractivity contribution in [3.05, 3.63) is 47.5 Å². The van der Waals surface area contributed by atoms with Gasteiger partial charge in [-0.25, -0.2) is 4.98 Å². The zero-order valence-electron chi connectivity index (χ0n) is 14.6. The van der Waals surface area contributed by atoms with Gasteiger partial charge in [-0.3, -0.25) is 0 Å². The predicted octanol–water partition coefficient (Wildman–Crippen LogP) is 3.10. The number of hydrogen-bond acceptors (Lipinski definition) is 4. The molecule has 1 atom stereocenters. The Labute approximate surface area is 144 Å². The lowest BCUT2D eigenvalue weighted by atomic mass is 9.99. The van der Waals surface area contributed by atoms with E-state index in [-0.39, 0.29) is 0 Å². The van der Waals surface area contributed by atoms with E-state index >= 15 is 0 Å². The number of rotatable bonds is 8. The molecular weight excluding hydrogens is 302 g/mol. The lowest BCUT2D eigenvalue weighted by molar-refractivity contribution is 0.132. The van der Waals surface area contributed by atoms with Gasteiger partial charge in [-0.1, -0.05) is 6.07 Å². The average Bonchev–Trinajstić information content (AvgIpc) is 3.09. The standard InChI is InChI=1S/C19H27N3O2/c1-3-24-14-17-11-15(6-7-18(17)23-2)12-20-13-16-5-4-9-22-10-8-21-19(16)22/h6-8,10-11,16,20H,3-5,9,12-14H2,1-2H3. The van der Waals surface area contributed by atoms with Gasteiger partial charge < -0.3 is 19.4 Å². The van der Waals surface area contributed by atoms with E-state index in [0.29, 0.717) is 19.1 Å². The molecule has 0 bridgehead atoms. The fourth-order valence-corrected chi connectivity index (χ4v) is 3.36. The van der Waals surface area contributed by atoms with Crippen LogP contribution in [-0.2, 0) is 24.4 Å². The van der Waals surface area contributed by atoms with Crippen molar-refractivity contribution in [2.75, 3.05) is 20.3 Å². The Balaban J connectivity index is 1.57. The molecule has 3 rings (SSSR count). The number of benzene rings is 1. The molecule has 2 heterocycles. The lowest BCUT2D eigenvalue weighted by Crippen LogP contribution is -2.26. The SMILES string of the molecule is CCOCc1cc(CNCC2CCCn3ccnc32)ccc1OC. The van der Waals surface area contributed by atoms with E-state index in [9.17, 15) is 0 Å². The van der Waals surface area contributed by atoms with Crippen LogP contribution >= 0.6 is 0 Å². The third kappa shape index (κ3) is 3.97. The molecule has 1 aliphatic rings. The second-order valence-corrected chi connectivity index (χ2v) is 6.23. The third-order valence-electron chi connectivity index (χ3n) is 4.59. The smallest absolute Gasteiger partial charge is 0.124 e. The first-order valence-electron chi connectivity index (χ1n) is 8.77. The van der Waals surface area contributed by atoms with Gasteiger partial charge in [0.15, 0.2) is 0 Å². The minimum absolute atomic E-state index is 0.509. The molecule has 130 valence electrons. The molecule has 1 N–H and O–H groups in total. The summed E-state index contributed by atoms with van der Waals surface area (Å²) in [5.41, 5.74) is 2.36. The van der Waals surface area contributed by atoms with Crippen molar-refractivity contribution in [3.8, 4) is 5.75 Å². The monoisotopic (exact) mass is 329 g/mol. The molecule has 0 aliphatic carbocycles. The van der Waals surface area contributed by atoms with E-state index in [1.165, 1.54) is 24.2 Å². The van der Waals surface area contributed by atoms with E-state index < -0.39 is 0 Å². The number of ether oxygens (including phenoxy) is 2. The van der Waals surface area contributed by atoms with Crippen molar-refractivity contribution >= 4 is 0 Å². The highest BCUT2D eigenvalue weighted by atomic mass is 16.5. The number of methoxy groups -OCH3 is 1. The fraction of sp³-hybridized carbons (Fsp3) is 0.526. The molecule has 24 heavy (non-hydrogen) atoms. The molecule has 1 aromatic heterocycles. The highest BCUT2D eigenvalue weighted by Crippen LogP contribution is 2.25. The van der Waals surface area contributed by atoms with Gasteiger partial charge in [0.1, 0.15) is 11.6 Å². The zero-order chi connectivity index (χ0) is 16.8. The number of fused-ring (bicyclic) bond motifs is 1. The van der Waals surface area contributed by atoms with Crippen LogP contribution in [0.3, 0.4) is 0 Å². The van der Waals surface area contributed by atoms with Crippen LogP contribution in [0.2, 0.25) is 0 Å². The van der Waals surface area contributed by atoms with E-state index in [1.807, 2.05) is 19.2 Å². The molecule has 0 fully saturated rings. The molecule has 2 aromatic rings. The van der Waals surface area contributed by atoms with Crippen LogP contribution in [0.15, 0.2) is 30.6 Å². The molecule has 0 saturated heterocycles. The van der Waals surface area contributed by atoms with Crippen molar-refractivity contribution < 1.29 is 9.47 Å². The number of hydrogen-bond donors (Lipinski definition) is 1. The van der Waals surface area contributed by atoms with Crippen LogP contribution in [-0.4, -0.2) is 29.8 Å². The maximum Gasteiger partial charge on any atom is 0.124 e. The molecule has 5 nitrogen and oxygen atoms in total. The highest BCUT2D eigenvalue weighted by Gasteiger charge is 2.20. The Morgan fingerprint density at radius 3 is 3.12 bits per heavy atom. The Morgan fingerprint density at radius 2 is 2.29 bits per heavy atom. The quantitative estimate of drug-likeness (QED) is 0.808. The summed E-state index contributed by atoms with van der Waals surface area (Å²) in [5, 5.41) is 3.59. The minimum Gasteiger partial charge on any atom is -0.496 e. The largest absolute Gasteiger partial charge is 0.496 e. The number of imidazole rings is 1. The predicted molar refractivity (Wildman–Crippen MR) is 94.2 cm³/mol. The number of aromatic nitrogens is 2. The van der Waals surface area contributed by atoms with Gasteiger partial charge in [-0.15, -0.1) is 0 Å². The van der Waals surface area contributed by atoms with E-state index in [4.69, 9.17) is 9.47 Å². The molecular formula is C19H27N3O2. The van der Waals surface area contributed by atoms with Gasteiger partial charge in [-0.05, 0) is 37.5 Å². The first-order chi connectivity index (χ1) is 11.8. The van der Waals surface area contributed by atoms with Crippen LogP contribution in [0.4, 0.5) is 0 Å². The Morgan fingerprint density at radius 1 is 1.38 bits per heavy atom. The number of nitrogens with zero attached hydrogens (tertiary/aromatic N) is 2. The fourth-order valence-electron chi connectivity index (χ4n) is 3.36. The van der Waals surface area contributed by atoms with Gasteiger partial charge in [0.25, 0.3) is 0 Å². The van der Waals surface area contributed by atoms with Gasteiger partial charge in [-0.2, -0.15) is 0 Å². The second kappa shape index (κ2) is 8.31. The Bertz CT molecular complexity index is 654. The van der Waals surface area contributed by atoms with Crippen molar-refractivity contribution in [2.24, 2.45) is 0 Å². The molecule has 0 amide bonds. The summed E-state index contributed by atoms with van der Waals surface area (Å²) in [5.74, 6) is 2.62. The van der Waals surface area contributed by atoms with E-state index in [1.54, 1.807) is 7.11 Å². The summed E-state index contributed by atoms with van der Waals surface area (Å²) >= 11 is 0. The van der Waals surface area contributed by atoms with E-state index in [0.717, 1.165) is 30.9 Å². The minimum atomic E-state index is 0.509. The maximum atomic E-state index is 5.54. The molecule has 1 unspecified atom stereocenters. The van der Waals surface area contributed by atoms with Crippen LogP contribution in [0.5, 0.6) is 5.75 Å². The van der Waals surface area contributed by atoms with Gasteiger partial charge >= 0.3 is 0 Å². The van der Waals surface area contributed by atoms with Crippen LogP contribution in [0.1, 0.15) is 42.6 Å². The van der Waals surface area contributed by atoms with Gasteiger partial charge in [0.2, 0.25) is 0 Å². The van der Waals surface area contributed by atoms with Crippen molar-refractivity contribution in [1.29, 1.82) is 0 Å². The van der Waals surface area contributed by atoms with E-state index in [2.05, 4.69) is 33.2 Å². The summed E-state index contributed by atoms with van der Waals surface area (Å²) in [7, 11) is 1.70. The van der Waals surface area contributed by atoms with Crippen molar-refractivity contribution in [3.63, 3.8) is 0 Å². The van der Waals surface area contributed by atoms with Crippen LogP contribution in [0, 0.1) is 0 Å². The zero-order valence-corrected chi connectivity index (χ0v) is 14.6. The van der Waals surface area contributed by atoms with Gasteiger partial charge in [0.05, 0.1) is 13.7 Å². The second-order valence-electron chi connectivity index (χ2n) is 6.23. The number of aryl methyl sites for hydroxylation is 1. The highest BCUT2D eigenvalue weighted by molar-refractivity contribution is 5.36. The summed E-state index contributed by atoms with van der Waals surface area (Å²) in [6, 6.07) is 6.31. The molecule has 5 heteroatoms. The lowest BCUT2D eigenvalue weighted by Gasteiger charge is -2.23. The molecule has 0 radical (unpaired) electrons. The molecule has 1 aliphatic heterocycles. The summed E-state index contributed by atoms with van der Waals surface area (Å²) < 4.78 is 13.2. The average molecular weight is 329 g/mol. The normalized spacial score (nSPS) is 16.8. The van der Waals surface area contributed by atoms with Crippen molar-refractivity contribution in [1.82, 2.24) is 14.9 Å². The van der Waals surface area contributed by atoms with Crippen molar-refractivity contribution in [2.45, 2.75) is 45.4 Å². The summed E-state index contributed by atoms with van der Waals surface area (Å²) in [6.45, 7) is 6.22. The Hall–Kier alpha value is -1.85. The maximum absolute atomic E-state index is 5.54. The third-order valence-corrected chi connectivity index (χ3v) is 4.59. The first-order valence-corrected chi connectivity index (χ1v) is 8.77. The summed E-state index contributed by atoms with van der Waals surface area (Å²) in [4.78, 5) is 4.52. The Kier molecular flexibility index (Phi) is 5.88. The molecule has 1 aromatic carbocycles. The topological polar surface area (TPSA) is 48.3 Å².